The number of carbonyl (C=O) groups excluding carboxylic acids is 1. The lowest BCUT2D eigenvalue weighted by atomic mass is 9.85. The lowest BCUT2D eigenvalue weighted by molar-refractivity contribution is -0.134. The Morgan fingerprint density at radius 3 is 2.62 bits per heavy atom. The van der Waals surface area contributed by atoms with Crippen LogP contribution in [0, 0.1) is 12.8 Å². The van der Waals surface area contributed by atoms with Crippen molar-refractivity contribution in [3.8, 4) is 11.5 Å². The molecule has 0 bridgehead atoms. The van der Waals surface area contributed by atoms with E-state index in [4.69, 9.17) is 12.6 Å². The van der Waals surface area contributed by atoms with E-state index in [1.165, 1.54) is 39.9 Å². The highest BCUT2D eigenvalue weighted by Crippen LogP contribution is 2.41. The maximum absolute atomic E-state index is 12.5. The molecule has 2 unspecified atom stereocenters. The number of esters is 1. The summed E-state index contributed by atoms with van der Waals surface area (Å²) in [7, 11) is 6.12. The van der Waals surface area contributed by atoms with E-state index in [-0.39, 0.29) is 17.6 Å². The molecule has 0 saturated heterocycles. The molecular formula is C29H28BNO3. The van der Waals surface area contributed by atoms with Gasteiger partial charge < -0.3 is 14.8 Å². The van der Waals surface area contributed by atoms with E-state index >= 15 is 0 Å². The van der Waals surface area contributed by atoms with Gasteiger partial charge in [-0.25, -0.2) is 0 Å². The summed E-state index contributed by atoms with van der Waals surface area (Å²) >= 11 is 0. The van der Waals surface area contributed by atoms with Crippen molar-refractivity contribution in [3.63, 3.8) is 0 Å². The molecule has 2 radical (unpaired) electrons. The van der Waals surface area contributed by atoms with Crippen molar-refractivity contribution in [2.45, 2.75) is 44.9 Å². The van der Waals surface area contributed by atoms with Gasteiger partial charge >= 0.3 is 5.97 Å². The van der Waals surface area contributed by atoms with Gasteiger partial charge in [0.1, 0.15) is 19.3 Å². The summed E-state index contributed by atoms with van der Waals surface area (Å²) in [6, 6.07) is 21.1. The highest BCUT2D eigenvalue weighted by Gasteiger charge is 2.29. The van der Waals surface area contributed by atoms with E-state index < -0.39 is 0 Å². The minimum atomic E-state index is -0.237. The molecule has 0 fully saturated rings. The first-order chi connectivity index (χ1) is 16.5. The topological polar surface area (TPSA) is 62.3 Å². The van der Waals surface area contributed by atoms with E-state index in [0.717, 1.165) is 36.7 Å². The molecule has 0 spiro atoms. The summed E-state index contributed by atoms with van der Waals surface area (Å²) in [6.45, 7) is 2.11. The summed E-state index contributed by atoms with van der Waals surface area (Å²) in [6.07, 6.45) is 4.10. The zero-order chi connectivity index (χ0) is 23.7. The Labute approximate surface area is 201 Å². The first-order valence-electron chi connectivity index (χ1n) is 11.9. The minimum Gasteiger partial charge on any atom is -0.508 e. The number of H-pyrrole nitrogens is 1. The molecule has 2 N–H and O–H groups in total. The van der Waals surface area contributed by atoms with Crippen LogP contribution >= 0.6 is 0 Å². The van der Waals surface area contributed by atoms with Crippen LogP contribution in [-0.4, -0.2) is 23.9 Å². The second-order valence-corrected chi connectivity index (χ2v) is 9.43. The molecule has 4 nitrogen and oxygen atoms in total. The number of ether oxygens (including phenoxy) is 1. The number of benzene rings is 3. The lowest BCUT2D eigenvalue weighted by Crippen LogP contribution is -2.13. The highest BCUT2D eigenvalue weighted by atomic mass is 16.5. The third kappa shape index (κ3) is 4.74. The Hall–Kier alpha value is -3.47. The zero-order valence-corrected chi connectivity index (χ0v) is 19.4. The number of nitrogens with one attached hydrogen (secondary N) is 1. The quantitative estimate of drug-likeness (QED) is 0.185. The van der Waals surface area contributed by atoms with Crippen LogP contribution in [0.15, 0.2) is 66.7 Å². The number of rotatable bonds is 5. The SMILES string of the molecule is [B]c1ccc2[nH]c3c(c2c1)CCC(CCC(=O)Oc1ccc(O)cc1)CC3c1ccc(C)cc1. The fourth-order valence-corrected chi connectivity index (χ4v) is 5.15. The number of aromatic hydroxyl groups is 1. The van der Waals surface area contributed by atoms with Gasteiger partial charge in [0.15, 0.2) is 0 Å². The monoisotopic (exact) mass is 449 g/mol. The molecule has 5 heteroatoms. The van der Waals surface area contributed by atoms with E-state index in [0.29, 0.717) is 18.1 Å². The van der Waals surface area contributed by atoms with Gasteiger partial charge in [0.25, 0.3) is 0 Å². The third-order valence-corrected chi connectivity index (χ3v) is 6.99. The molecule has 0 saturated carbocycles. The van der Waals surface area contributed by atoms with Crippen LogP contribution in [0.5, 0.6) is 11.5 Å². The fourth-order valence-electron chi connectivity index (χ4n) is 5.15. The summed E-state index contributed by atoms with van der Waals surface area (Å²) in [5.74, 6) is 1.01. The van der Waals surface area contributed by atoms with Crippen LogP contribution in [0.2, 0.25) is 0 Å². The van der Waals surface area contributed by atoms with Gasteiger partial charge in [0.05, 0.1) is 0 Å². The predicted molar refractivity (Wildman–Crippen MR) is 136 cm³/mol. The van der Waals surface area contributed by atoms with Gasteiger partial charge in [-0.05, 0) is 80.0 Å². The highest BCUT2D eigenvalue weighted by molar-refractivity contribution is 6.33. The number of aromatic nitrogens is 1. The smallest absolute Gasteiger partial charge is 0.311 e. The molecule has 1 aliphatic carbocycles. The standard InChI is InChI=1S/C29H28BNO3/c1-18-2-6-20(7-3-18)25-16-19(5-15-28(33)34-23-11-9-22(32)10-12-23)4-13-24-26-17-21(30)8-14-27(26)31-29(24)25/h2-3,6-12,14,17,19,25,31-32H,4-5,13,15-16H2,1H3. The Balaban J connectivity index is 1.37. The van der Waals surface area contributed by atoms with Crippen LogP contribution in [0.1, 0.15) is 54.0 Å². The molecule has 1 aliphatic rings. The first kappa shape index (κ1) is 22.3. The summed E-state index contributed by atoms with van der Waals surface area (Å²) in [4.78, 5) is 16.2. The predicted octanol–water partition coefficient (Wildman–Crippen LogP) is 5.45. The number of aromatic amines is 1. The van der Waals surface area contributed by atoms with Crippen molar-refractivity contribution in [1.29, 1.82) is 0 Å². The Bertz CT molecular complexity index is 1310. The molecule has 4 aromatic rings. The maximum Gasteiger partial charge on any atom is 0.311 e. The Kier molecular flexibility index (Phi) is 6.19. The molecule has 34 heavy (non-hydrogen) atoms. The molecule has 5 rings (SSSR count). The molecule has 170 valence electrons. The van der Waals surface area contributed by atoms with Gasteiger partial charge in [-0.15, -0.1) is 0 Å². The van der Waals surface area contributed by atoms with Gasteiger partial charge in [0, 0.05) is 28.9 Å². The van der Waals surface area contributed by atoms with Crippen molar-refractivity contribution < 1.29 is 14.6 Å². The van der Waals surface area contributed by atoms with Crippen LogP contribution < -0.4 is 10.2 Å². The Morgan fingerprint density at radius 2 is 1.85 bits per heavy atom. The lowest BCUT2D eigenvalue weighted by Gasteiger charge is -2.21. The fraction of sp³-hybridized carbons (Fsp3) is 0.276. The van der Waals surface area contributed by atoms with Gasteiger partial charge in [-0.1, -0.05) is 47.4 Å². The molecule has 2 atom stereocenters. The number of carbonyl (C=O) groups is 1. The van der Waals surface area contributed by atoms with Crippen LogP contribution in [0.25, 0.3) is 10.9 Å². The van der Waals surface area contributed by atoms with Gasteiger partial charge in [0.2, 0.25) is 0 Å². The van der Waals surface area contributed by atoms with E-state index in [2.05, 4.69) is 48.3 Å². The van der Waals surface area contributed by atoms with E-state index in [1.807, 2.05) is 6.07 Å². The molecule has 1 heterocycles. The molecule has 1 aromatic heterocycles. The number of aryl methyl sites for hydroxylation is 2. The molecular weight excluding hydrogens is 421 g/mol. The van der Waals surface area contributed by atoms with Crippen LogP contribution in [-0.2, 0) is 11.2 Å². The van der Waals surface area contributed by atoms with Crippen molar-refractivity contribution in [2.75, 3.05) is 0 Å². The van der Waals surface area contributed by atoms with Gasteiger partial charge in [-0.3, -0.25) is 4.79 Å². The van der Waals surface area contributed by atoms with Crippen molar-refractivity contribution in [2.24, 2.45) is 5.92 Å². The molecule has 3 aromatic carbocycles. The summed E-state index contributed by atoms with van der Waals surface area (Å²) in [5, 5.41) is 10.6. The minimum absolute atomic E-state index is 0.151. The molecule has 0 amide bonds. The number of phenolic OH excluding ortho intramolecular Hbond substituents is 1. The Morgan fingerprint density at radius 1 is 1.09 bits per heavy atom. The first-order valence-corrected chi connectivity index (χ1v) is 11.9. The van der Waals surface area contributed by atoms with Crippen molar-refractivity contribution in [1.82, 2.24) is 4.98 Å². The summed E-state index contributed by atoms with van der Waals surface area (Å²) in [5.41, 5.74) is 7.08. The number of hydrogen-bond acceptors (Lipinski definition) is 3. The second kappa shape index (κ2) is 9.42. The van der Waals surface area contributed by atoms with Gasteiger partial charge in [-0.2, -0.15) is 0 Å². The number of fused-ring (bicyclic) bond motifs is 3. The number of hydrogen-bond donors (Lipinski definition) is 2. The largest absolute Gasteiger partial charge is 0.508 e. The average molecular weight is 449 g/mol. The van der Waals surface area contributed by atoms with Crippen molar-refractivity contribution in [3.05, 3.63) is 89.1 Å². The number of phenols is 1. The zero-order valence-electron chi connectivity index (χ0n) is 19.4. The van der Waals surface area contributed by atoms with E-state index in [9.17, 15) is 9.90 Å². The van der Waals surface area contributed by atoms with E-state index in [1.54, 1.807) is 12.1 Å². The van der Waals surface area contributed by atoms with Crippen LogP contribution in [0.3, 0.4) is 0 Å². The summed E-state index contributed by atoms with van der Waals surface area (Å²) < 4.78 is 5.46. The average Bonchev–Trinajstić information content (AvgIpc) is 3.07. The normalized spacial score (nSPS) is 17.8. The van der Waals surface area contributed by atoms with Crippen LogP contribution in [0.4, 0.5) is 0 Å². The maximum atomic E-state index is 12.5. The third-order valence-electron chi connectivity index (χ3n) is 6.99. The molecule has 0 aliphatic heterocycles. The second-order valence-electron chi connectivity index (χ2n) is 9.43. The van der Waals surface area contributed by atoms with Crippen molar-refractivity contribution >= 4 is 30.2 Å².